The molecule has 0 saturated heterocycles. The largest absolute Gasteiger partial charge is 0.313 e. The maximum atomic E-state index is 4.31. The minimum absolute atomic E-state index is 0.724. The van der Waals surface area contributed by atoms with Gasteiger partial charge in [-0.25, -0.2) is 4.98 Å². The number of nitrogens with one attached hydrogen (secondary N) is 1. The van der Waals surface area contributed by atoms with Gasteiger partial charge in [0.25, 0.3) is 0 Å². The molecule has 3 atom stereocenters. The summed E-state index contributed by atoms with van der Waals surface area (Å²) in [4.78, 5) is 4.31. The maximum Gasteiger partial charge on any atom is 0.0794 e. The Hall–Kier alpha value is -0.410. The van der Waals surface area contributed by atoms with E-state index in [1.54, 1.807) is 11.3 Å². The molecule has 1 aromatic heterocycles. The molecule has 0 spiro atoms. The van der Waals surface area contributed by atoms with Gasteiger partial charge in [-0.15, -0.1) is 11.3 Å². The van der Waals surface area contributed by atoms with Crippen LogP contribution in [0.15, 0.2) is 10.9 Å². The fourth-order valence-electron chi connectivity index (χ4n) is 2.56. The van der Waals surface area contributed by atoms with E-state index < -0.39 is 0 Å². The van der Waals surface area contributed by atoms with Gasteiger partial charge in [-0.3, -0.25) is 0 Å². The third-order valence-corrected chi connectivity index (χ3v) is 4.36. The van der Waals surface area contributed by atoms with Crippen LogP contribution in [-0.4, -0.2) is 17.6 Å². The Morgan fingerprint density at radius 2 is 2.31 bits per heavy atom. The zero-order valence-corrected chi connectivity index (χ0v) is 11.1. The molecule has 16 heavy (non-hydrogen) atoms. The van der Waals surface area contributed by atoms with Crippen molar-refractivity contribution < 1.29 is 0 Å². The number of hydrogen-bond donors (Lipinski definition) is 1. The Morgan fingerprint density at radius 1 is 1.44 bits per heavy atom. The molecular formula is C13H22N2S. The number of nitrogens with zero attached hydrogens (tertiary/aromatic N) is 1. The summed E-state index contributed by atoms with van der Waals surface area (Å²) >= 11 is 1.69. The average Bonchev–Trinajstić information content (AvgIpc) is 2.76. The van der Waals surface area contributed by atoms with Crippen LogP contribution in [0.25, 0.3) is 0 Å². The van der Waals surface area contributed by atoms with Crippen molar-refractivity contribution in [2.75, 3.05) is 6.54 Å². The molecule has 1 saturated carbocycles. The zero-order valence-electron chi connectivity index (χ0n) is 10.3. The van der Waals surface area contributed by atoms with Crippen molar-refractivity contribution in [3.8, 4) is 0 Å². The Labute approximate surface area is 102 Å². The summed E-state index contributed by atoms with van der Waals surface area (Å²) in [6, 6.07) is 0.724. The van der Waals surface area contributed by atoms with Crippen LogP contribution in [-0.2, 0) is 6.42 Å². The molecule has 1 N–H and O–H groups in total. The monoisotopic (exact) mass is 238 g/mol. The summed E-state index contributed by atoms with van der Waals surface area (Å²) in [5.41, 5.74) is 3.15. The van der Waals surface area contributed by atoms with Gasteiger partial charge in [-0.05, 0) is 24.7 Å². The highest BCUT2D eigenvalue weighted by atomic mass is 32.1. The first kappa shape index (κ1) is 12.1. The van der Waals surface area contributed by atoms with Gasteiger partial charge in [0, 0.05) is 24.4 Å². The molecular weight excluding hydrogens is 216 g/mol. The summed E-state index contributed by atoms with van der Waals surface area (Å²) in [7, 11) is 0. The predicted octanol–water partition coefficient (Wildman–Crippen LogP) is 3.10. The third kappa shape index (κ3) is 3.29. The van der Waals surface area contributed by atoms with E-state index in [1.807, 2.05) is 5.51 Å². The predicted molar refractivity (Wildman–Crippen MR) is 69.8 cm³/mol. The summed E-state index contributed by atoms with van der Waals surface area (Å²) in [6.07, 6.45) is 5.21. The smallest absolute Gasteiger partial charge is 0.0794 e. The first-order chi connectivity index (χ1) is 7.75. The van der Waals surface area contributed by atoms with Gasteiger partial charge >= 0.3 is 0 Å². The lowest BCUT2D eigenvalue weighted by Gasteiger charge is -2.33. The van der Waals surface area contributed by atoms with Crippen molar-refractivity contribution in [3.63, 3.8) is 0 Å². The minimum atomic E-state index is 0.724. The van der Waals surface area contributed by atoms with Crippen molar-refractivity contribution >= 4 is 11.3 Å². The molecule has 2 nitrogen and oxygen atoms in total. The molecule has 0 bridgehead atoms. The van der Waals surface area contributed by atoms with Crippen LogP contribution in [0.2, 0.25) is 0 Å². The van der Waals surface area contributed by atoms with E-state index in [1.165, 1.54) is 25.0 Å². The molecule has 2 rings (SSSR count). The van der Waals surface area contributed by atoms with Crippen LogP contribution in [0, 0.1) is 11.8 Å². The first-order valence-corrected chi connectivity index (χ1v) is 7.30. The van der Waals surface area contributed by atoms with E-state index >= 15 is 0 Å². The third-order valence-electron chi connectivity index (χ3n) is 3.73. The molecule has 0 aromatic carbocycles. The quantitative estimate of drug-likeness (QED) is 0.872. The zero-order chi connectivity index (χ0) is 11.4. The fraction of sp³-hybridized carbons (Fsp3) is 0.769. The van der Waals surface area contributed by atoms with Gasteiger partial charge < -0.3 is 5.32 Å². The molecule has 1 fully saturated rings. The van der Waals surface area contributed by atoms with Crippen LogP contribution in [0.4, 0.5) is 0 Å². The topological polar surface area (TPSA) is 24.9 Å². The molecule has 1 heterocycles. The highest BCUT2D eigenvalue weighted by Gasteiger charge is 2.24. The Morgan fingerprint density at radius 3 is 3.06 bits per heavy atom. The number of hydrogen-bond acceptors (Lipinski definition) is 3. The maximum absolute atomic E-state index is 4.31. The second-order valence-electron chi connectivity index (χ2n) is 5.19. The van der Waals surface area contributed by atoms with E-state index in [0.29, 0.717) is 0 Å². The molecule has 3 heteroatoms. The van der Waals surface area contributed by atoms with Crippen molar-refractivity contribution in [3.05, 3.63) is 16.6 Å². The second kappa shape index (κ2) is 5.78. The van der Waals surface area contributed by atoms with E-state index in [0.717, 1.165) is 30.8 Å². The molecule has 1 aliphatic carbocycles. The lowest BCUT2D eigenvalue weighted by atomic mass is 9.80. The molecule has 1 aliphatic rings. The molecule has 0 amide bonds. The van der Waals surface area contributed by atoms with Gasteiger partial charge in [0.15, 0.2) is 0 Å². The highest BCUT2D eigenvalue weighted by Crippen LogP contribution is 2.28. The second-order valence-corrected chi connectivity index (χ2v) is 5.90. The van der Waals surface area contributed by atoms with Crippen LogP contribution in [0.3, 0.4) is 0 Å². The molecule has 3 unspecified atom stereocenters. The van der Waals surface area contributed by atoms with Crippen molar-refractivity contribution in [2.24, 2.45) is 11.8 Å². The summed E-state index contributed by atoms with van der Waals surface area (Å²) in [5, 5.41) is 5.85. The van der Waals surface area contributed by atoms with Crippen LogP contribution in [0.5, 0.6) is 0 Å². The van der Waals surface area contributed by atoms with Gasteiger partial charge in [0.1, 0.15) is 0 Å². The Bertz CT molecular complexity index is 297. The summed E-state index contributed by atoms with van der Waals surface area (Å²) in [5.74, 6) is 1.74. The lowest BCUT2D eigenvalue weighted by molar-refractivity contribution is 0.229. The van der Waals surface area contributed by atoms with Crippen LogP contribution >= 0.6 is 11.3 Å². The minimum Gasteiger partial charge on any atom is -0.313 e. The van der Waals surface area contributed by atoms with Gasteiger partial charge in [-0.1, -0.05) is 20.3 Å². The van der Waals surface area contributed by atoms with Crippen molar-refractivity contribution in [1.82, 2.24) is 10.3 Å². The number of rotatable bonds is 4. The average molecular weight is 238 g/mol. The molecule has 1 aromatic rings. The van der Waals surface area contributed by atoms with Gasteiger partial charge in [-0.2, -0.15) is 0 Å². The number of thiazole rings is 1. The SMILES string of the molecule is CC1CCC(C)C(NCCc2cscn2)C1. The lowest BCUT2D eigenvalue weighted by Crippen LogP contribution is -2.40. The number of aromatic nitrogens is 1. The van der Waals surface area contributed by atoms with E-state index in [9.17, 15) is 0 Å². The normalized spacial score (nSPS) is 30.5. The van der Waals surface area contributed by atoms with Gasteiger partial charge in [0.05, 0.1) is 11.2 Å². The summed E-state index contributed by atoms with van der Waals surface area (Å²) in [6.45, 7) is 5.83. The fourth-order valence-corrected chi connectivity index (χ4v) is 3.16. The Balaban J connectivity index is 1.72. The molecule has 0 radical (unpaired) electrons. The van der Waals surface area contributed by atoms with Crippen LogP contribution in [0.1, 0.15) is 38.8 Å². The molecule has 0 aliphatic heterocycles. The summed E-state index contributed by atoms with van der Waals surface area (Å²) < 4.78 is 0. The van der Waals surface area contributed by atoms with E-state index in [2.05, 4.69) is 29.5 Å². The van der Waals surface area contributed by atoms with Crippen molar-refractivity contribution in [1.29, 1.82) is 0 Å². The molecule has 90 valence electrons. The Kier molecular flexibility index (Phi) is 4.36. The first-order valence-electron chi connectivity index (χ1n) is 6.36. The van der Waals surface area contributed by atoms with Crippen LogP contribution < -0.4 is 5.32 Å². The van der Waals surface area contributed by atoms with Gasteiger partial charge in [0.2, 0.25) is 0 Å². The van der Waals surface area contributed by atoms with E-state index in [4.69, 9.17) is 0 Å². The van der Waals surface area contributed by atoms with E-state index in [-0.39, 0.29) is 0 Å². The standard InChI is InChI=1S/C13H22N2S/c1-10-3-4-11(2)13(7-10)14-6-5-12-8-16-9-15-12/h8-11,13-14H,3-7H2,1-2H3. The highest BCUT2D eigenvalue weighted by molar-refractivity contribution is 7.07. The van der Waals surface area contributed by atoms with Crippen molar-refractivity contribution in [2.45, 2.75) is 45.6 Å².